The maximum absolute atomic E-state index is 12.1. The number of rotatable bonds is 9. The molecule has 1 aromatic rings. The molecule has 0 aliphatic heterocycles. The molecular weight excluding hydrogens is 254 g/mol. The quantitative estimate of drug-likeness (QED) is 0.751. The summed E-state index contributed by atoms with van der Waals surface area (Å²) in [6.07, 6.45) is 3.33. The lowest BCUT2D eigenvalue weighted by atomic mass is 10.1. The summed E-state index contributed by atoms with van der Waals surface area (Å²) in [6.45, 7) is 7.45. The molecular formula is C16H27NOS. The SMILES string of the molecule is CCNC(CC)CCCS(=O)Cc1ccccc1C. The summed E-state index contributed by atoms with van der Waals surface area (Å²) < 4.78 is 12.1. The van der Waals surface area contributed by atoms with E-state index in [0.29, 0.717) is 11.8 Å². The fourth-order valence-corrected chi connectivity index (χ4v) is 3.55. The van der Waals surface area contributed by atoms with E-state index in [1.54, 1.807) is 0 Å². The summed E-state index contributed by atoms with van der Waals surface area (Å²) in [5.74, 6) is 1.51. The van der Waals surface area contributed by atoms with Gasteiger partial charge in [-0.1, -0.05) is 38.1 Å². The number of hydrogen-bond donors (Lipinski definition) is 1. The lowest BCUT2D eigenvalue weighted by Crippen LogP contribution is -2.28. The largest absolute Gasteiger partial charge is 0.314 e. The molecule has 2 nitrogen and oxygen atoms in total. The number of benzene rings is 1. The molecule has 0 heterocycles. The maximum atomic E-state index is 12.1. The van der Waals surface area contributed by atoms with Crippen molar-refractivity contribution in [3.63, 3.8) is 0 Å². The van der Waals surface area contributed by atoms with E-state index >= 15 is 0 Å². The normalized spacial score (nSPS) is 14.3. The van der Waals surface area contributed by atoms with Crippen molar-refractivity contribution in [3.8, 4) is 0 Å². The molecule has 0 saturated carbocycles. The van der Waals surface area contributed by atoms with Crippen LogP contribution < -0.4 is 5.32 Å². The van der Waals surface area contributed by atoms with E-state index in [1.165, 1.54) is 11.1 Å². The Morgan fingerprint density at radius 3 is 2.63 bits per heavy atom. The summed E-state index contributed by atoms with van der Waals surface area (Å²) in [7, 11) is -0.731. The van der Waals surface area contributed by atoms with Crippen molar-refractivity contribution in [2.24, 2.45) is 0 Å². The molecule has 19 heavy (non-hydrogen) atoms. The zero-order valence-electron chi connectivity index (χ0n) is 12.4. The van der Waals surface area contributed by atoms with Crippen LogP contribution in [0.2, 0.25) is 0 Å². The molecule has 0 aliphatic carbocycles. The van der Waals surface area contributed by atoms with Gasteiger partial charge in [-0.3, -0.25) is 4.21 Å². The predicted octanol–water partition coefficient (Wildman–Crippen LogP) is 3.41. The Kier molecular flexibility index (Phi) is 7.99. The topological polar surface area (TPSA) is 29.1 Å². The fraction of sp³-hybridized carbons (Fsp3) is 0.625. The summed E-state index contributed by atoms with van der Waals surface area (Å²) in [4.78, 5) is 0. The molecule has 1 aromatic carbocycles. The van der Waals surface area contributed by atoms with E-state index < -0.39 is 10.8 Å². The van der Waals surface area contributed by atoms with Gasteiger partial charge in [-0.2, -0.15) is 0 Å². The van der Waals surface area contributed by atoms with Crippen LogP contribution in [0.1, 0.15) is 44.2 Å². The van der Waals surface area contributed by atoms with Gasteiger partial charge in [0, 0.05) is 28.3 Å². The Morgan fingerprint density at radius 1 is 1.26 bits per heavy atom. The second kappa shape index (κ2) is 9.27. The van der Waals surface area contributed by atoms with Crippen LogP contribution in [0.5, 0.6) is 0 Å². The van der Waals surface area contributed by atoms with Crippen LogP contribution >= 0.6 is 0 Å². The molecule has 1 rings (SSSR count). The summed E-state index contributed by atoms with van der Waals surface area (Å²) in [5, 5.41) is 3.47. The highest BCUT2D eigenvalue weighted by atomic mass is 32.2. The molecule has 0 radical (unpaired) electrons. The molecule has 0 aromatic heterocycles. The van der Waals surface area contributed by atoms with Crippen LogP contribution in [0.15, 0.2) is 24.3 Å². The second-order valence-corrected chi connectivity index (χ2v) is 6.60. The molecule has 2 atom stereocenters. The first-order valence-corrected chi connectivity index (χ1v) is 8.79. The first-order valence-electron chi connectivity index (χ1n) is 7.30. The Hall–Kier alpha value is -0.670. The molecule has 1 N–H and O–H groups in total. The minimum atomic E-state index is -0.731. The summed E-state index contributed by atoms with van der Waals surface area (Å²) in [6, 6.07) is 8.81. The van der Waals surface area contributed by atoms with Crippen LogP contribution in [0.25, 0.3) is 0 Å². The lowest BCUT2D eigenvalue weighted by Gasteiger charge is -2.15. The average Bonchev–Trinajstić information content (AvgIpc) is 2.40. The monoisotopic (exact) mass is 281 g/mol. The van der Waals surface area contributed by atoms with Crippen molar-refractivity contribution in [2.45, 2.75) is 51.8 Å². The number of hydrogen-bond acceptors (Lipinski definition) is 2. The minimum Gasteiger partial charge on any atom is -0.314 e. The molecule has 0 aliphatic rings. The highest BCUT2D eigenvalue weighted by Crippen LogP contribution is 2.11. The Labute approximate surface area is 120 Å². The van der Waals surface area contributed by atoms with Gasteiger partial charge in [0.2, 0.25) is 0 Å². The maximum Gasteiger partial charge on any atom is 0.0488 e. The van der Waals surface area contributed by atoms with E-state index in [1.807, 2.05) is 12.1 Å². The number of nitrogens with one attached hydrogen (secondary N) is 1. The van der Waals surface area contributed by atoms with E-state index in [9.17, 15) is 4.21 Å². The van der Waals surface area contributed by atoms with Gasteiger partial charge in [-0.25, -0.2) is 0 Å². The molecule has 0 spiro atoms. The van der Waals surface area contributed by atoms with Crippen molar-refractivity contribution >= 4 is 10.8 Å². The van der Waals surface area contributed by atoms with Gasteiger partial charge in [0.1, 0.15) is 0 Å². The van der Waals surface area contributed by atoms with Gasteiger partial charge in [0.05, 0.1) is 0 Å². The molecule has 0 saturated heterocycles. The van der Waals surface area contributed by atoms with Crippen molar-refractivity contribution in [3.05, 3.63) is 35.4 Å². The lowest BCUT2D eigenvalue weighted by molar-refractivity contribution is 0.476. The average molecular weight is 281 g/mol. The third kappa shape index (κ3) is 6.35. The third-order valence-electron chi connectivity index (χ3n) is 3.49. The van der Waals surface area contributed by atoms with Crippen LogP contribution in [-0.4, -0.2) is 22.5 Å². The molecule has 3 heteroatoms. The van der Waals surface area contributed by atoms with E-state index in [0.717, 1.165) is 31.6 Å². The molecule has 0 amide bonds. The highest BCUT2D eigenvalue weighted by Gasteiger charge is 2.07. The van der Waals surface area contributed by atoms with Crippen LogP contribution in [0, 0.1) is 6.92 Å². The van der Waals surface area contributed by atoms with Crippen molar-refractivity contribution in [1.82, 2.24) is 5.32 Å². The van der Waals surface area contributed by atoms with Crippen LogP contribution in [0.3, 0.4) is 0 Å². The Morgan fingerprint density at radius 2 is 2.00 bits per heavy atom. The highest BCUT2D eigenvalue weighted by molar-refractivity contribution is 7.84. The predicted molar refractivity (Wildman–Crippen MR) is 84.9 cm³/mol. The second-order valence-electron chi connectivity index (χ2n) is 5.02. The zero-order chi connectivity index (χ0) is 14.1. The van der Waals surface area contributed by atoms with Gasteiger partial charge >= 0.3 is 0 Å². The van der Waals surface area contributed by atoms with Gasteiger partial charge in [0.15, 0.2) is 0 Å². The van der Waals surface area contributed by atoms with E-state index in [-0.39, 0.29) is 0 Å². The van der Waals surface area contributed by atoms with Crippen molar-refractivity contribution < 1.29 is 4.21 Å². The van der Waals surface area contributed by atoms with Gasteiger partial charge < -0.3 is 5.32 Å². The van der Waals surface area contributed by atoms with Crippen LogP contribution in [-0.2, 0) is 16.6 Å². The fourth-order valence-electron chi connectivity index (χ4n) is 2.25. The van der Waals surface area contributed by atoms with Crippen molar-refractivity contribution in [1.29, 1.82) is 0 Å². The Balaban J connectivity index is 2.30. The first-order chi connectivity index (χ1) is 9.17. The minimum absolute atomic E-state index is 0.584. The first kappa shape index (κ1) is 16.4. The van der Waals surface area contributed by atoms with Gasteiger partial charge in [-0.15, -0.1) is 0 Å². The zero-order valence-corrected chi connectivity index (χ0v) is 13.3. The molecule has 0 bridgehead atoms. The molecule has 108 valence electrons. The van der Waals surface area contributed by atoms with E-state index in [4.69, 9.17) is 0 Å². The standard InChI is InChI=1S/C16H27NOS/c1-4-16(17-5-2)11-8-12-19(18)13-15-10-7-6-9-14(15)3/h6-7,9-10,16-17H,4-5,8,11-13H2,1-3H3. The summed E-state index contributed by atoms with van der Waals surface area (Å²) >= 11 is 0. The van der Waals surface area contributed by atoms with E-state index in [2.05, 4.69) is 38.2 Å². The Bertz CT molecular complexity index is 392. The van der Waals surface area contributed by atoms with Gasteiger partial charge in [-0.05, 0) is 43.9 Å². The summed E-state index contributed by atoms with van der Waals surface area (Å²) in [5.41, 5.74) is 2.47. The smallest absolute Gasteiger partial charge is 0.0488 e. The number of aryl methyl sites for hydroxylation is 1. The molecule has 2 unspecified atom stereocenters. The molecule has 0 fully saturated rings. The van der Waals surface area contributed by atoms with Crippen molar-refractivity contribution in [2.75, 3.05) is 12.3 Å². The van der Waals surface area contributed by atoms with Gasteiger partial charge in [0.25, 0.3) is 0 Å². The third-order valence-corrected chi connectivity index (χ3v) is 4.86. The van der Waals surface area contributed by atoms with Crippen LogP contribution in [0.4, 0.5) is 0 Å².